The van der Waals surface area contributed by atoms with Crippen LogP contribution in [0.4, 0.5) is 4.79 Å². The van der Waals surface area contributed by atoms with E-state index in [2.05, 4.69) is 17.6 Å². The molecule has 0 aromatic carbocycles. The second-order valence-electron chi connectivity index (χ2n) is 10.8. The van der Waals surface area contributed by atoms with Crippen LogP contribution in [-0.2, 0) is 9.53 Å². The molecule has 0 spiro atoms. The number of unbranched alkanes of at least 4 members (excludes halogenated alkanes) is 12. The lowest BCUT2D eigenvalue weighted by Crippen LogP contribution is -2.45. The Balaban J connectivity index is 1.93. The SMILES string of the molecule is CCCCCCCCCCCCCCCC(=O)N[C@H]1CC[C@@H](NC(=O)OC(C)(C)C)CC1. The summed E-state index contributed by atoms with van der Waals surface area (Å²) in [7, 11) is 0. The van der Waals surface area contributed by atoms with E-state index in [0.717, 1.165) is 38.5 Å². The first-order chi connectivity index (χ1) is 15.3. The highest BCUT2D eigenvalue weighted by atomic mass is 16.6. The van der Waals surface area contributed by atoms with Gasteiger partial charge in [0.25, 0.3) is 0 Å². The summed E-state index contributed by atoms with van der Waals surface area (Å²) in [6, 6.07) is 0.403. The zero-order valence-corrected chi connectivity index (χ0v) is 21.6. The highest BCUT2D eigenvalue weighted by Gasteiger charge is 2.25. The molecule has 1 saturated carbocycles. The quantitative estimate of drug-likeness (QED) is 0.239. The van der Waals surface area contributed by atoms with Gasteiger partial charge >= 0.3 is 6.09 Å². The van der Waals surface area contributed by atoms with Crippen LogP contribution in [-0.4, -0.2) is 29.7 Å². The van der Waals surface area contributed by atoms with Crippen molar-refractivity contribution >= 4 is 12.0 Å². The smallest absolute Gasteiger partial charge is 0.407 e. The van der Waals surface area contributed by atoms with Crippen LogP contribution in [0.15, 0.2) is 0 Å². The Labute approximate surface area is 198 Å². The van der Waals surface area contributed by atoms with Crippen molar-refractivity contribution in [2.75, 3.05) is 0 Å². The Hall–Kier alpha value is -1.26. The van der Waals surface area contributed by atoms with Gasteiger partial charge in [-0.15, -0.1) is 0 Å². The van der Waals surface area contributed by atoms with Crippen molar-refractivity contribution in [2.45, 2.75) is 161 Å². The number of hydrogen-bond donors (Lipinski definition) is 2. The largest absolute Gasteiger partial charge is 0.444 e. The summed E-state index contributed by atoms with van der Waals surface area (Å²) in [5.41, 5.74) is -0.469. The predicted octanol–water partition coefficient (Wildman–Crippen LogP) is 7.42. The maximum atomic E-state index is 12.2. The summed E-state index contributed by atoms with van der Waals surface area (Å²) in [6.45, 7) is 7.88. The zero-order valence-electron chi connectivity index (χ0n) is 21.6. The zero-order chi connectivity index (χ0) is 23.7. The van der Waals surface area contributed by atoms with Gasteiger partial charge in [-0.25, -0.2) is 4.79 Å². The van der Waals surface area contributed by atoms with Gasteiger partial charge in [0, 0.05) is 18.5 Å². The molecule has 2 amide bonds. The molecule has 188 valence electrons. The molecule has 0 atom stereocenters. The normalized spacial score (nSPS) is 18.9. The highest BCUT2D eigenvalue weighted by Crippen LogP contribution is 2.20. The molecule has 0 aromatic heterocycles. The Morgan fingerprint density at radius 2 is 1.09 bits per heavy atom. The van der Waals surface area contributed by atoms with E-state index in [-0.39, 0.29) is 24.1 Å². The lowest BCUT2D eigenvalue weighted by molar-refractivity contribution is -0.122. The number of rotatable bonds is 16. The molecule has 0 unspecified atom stereocenters. The molecular weight excluding hydrogens is 400 g/mol. The summed E-state index contributed by atoms with van der Waals surface area (Å²) >= 11 is 0. The third kappa shape index (κ3) is 16.4. The van der Waals surface area contributed by atoms with Crippen molar-refractivity contribution in [3.05, 3.63) is 0 Å². The number of alkyl carbamates (subject to hydrolysis) is 1. The number of carbonyl (C=O) groups excluding carboxylic acids is 2. The fraction of sp³-hybridized carbons (Fsp3) is 0.926. The maximum Gasteiger partial charge on any atom is 0.407 e. The molecule has 1 rings (SSSR count). The van der Waals surface area contributed by atoms with Gasteiger partial charge in [0.15, 0.2) is 0 Å². The first-order valence-electron chi connectivity index (χ1n) is 13.6. The molecule has 0 aromatic rings. The number of ether oxygens (including phenoxy) is 1. The van der Waals surface area contributed by atoms with E-state index in [1.807, 2.05) is 20.8 Å². The topological polar surface area (TPSA) is 67.4 Å². The molecule has 32 heavy (non-hydrogen) atoms. The van der Waals surface area contributed by atoms with Crippen molar-refractivity contribution in [1.82, 2.24) is 10.6 Å². The van der Waals surface area contributed by atoms with Crippen molar-refractivity contribution < 1.29 is 14.3 Å². The van der Waals surface area contributed by atoms with E-state index >= 15 is 0 Å². The average molecular weight is 453 g/mol. The van der Waals surface area contributed by atoms with Crippen molar-refractivity contribution in [2.24, 2.45) is 0 Å². The third-order valence-corrected chi connectivity index (χ3v) is 6.32. The molecule has 0 bridgehead atoms. The molecule has 0 aliphatic heterocycles. The number of hydrogen-bond acceptors (Lipinski definition) is 3. The summed E-state index contributed by atoms with van der Waals surface area (Å²) in [6.07, 6.45) is 21.2. The lowest BCUT2D eigenvalue weighted by atomic mass is 9.91. The van der Waals surface area contributed by atoms with E-state index in [1.165, 1.54) is 70.6 Å². The van der Waals surface area contributed by atoms with Crippen LogP contribution in [0.2, 0.25) is 0 Å². The van der Waals surface area contributed by atoms with Crippen LogP contribution in [0, 0.1) is 0 Å². The monoisotopic (exact) mass is 452 g/mol. The minimum absolute atomic E-state index is 0.152. The summed E-state index contributed by atoms with van der Waals surface area (Å²) < 4.78 is 5.32. The van der Waals surface area contributed by atoms with Gasteiger partial charge < -0.3 is 15.4 Å². The van der Waals surface area contributed by atoms with Crippen LogP contribution in [0.3, 0.4) is 0 Å². The average Bonchev–Trinajstić information content (AvgIpc) is 2.71. The van der Waals surface area contributed by atoms with Crippen LogP contribution >= 0.6 is 0 Å². The number of carbonyl (C=O) groups is 2. The molecular formula is C27H52N2O3. The van der Waals surface area contributed by atoms with Crippen LogP contribution < -0.4 is 10.6 Å². The van der Waals surface area contributed by atoms with E-state index in [4.69, 9.17) is 4.74 Å². The molecule has 1 fully saturated rings. The Bertz CT molecular complexity index is 494. The predicted molar refractivity (Wildman–Crippen MR) is 134 cm³/mol. The van der Waals surface area contributed by atoms with Gasteiger partial charge in [-0.3, -0.25) is 4.79 Å². The molecule has 0 heterocycles. The van der Waals surface area contributed by atoms with Gasteiger partial charge in [0.2, 0.25) is 5.91 Å². The van der Waals surface area contributed by atoms with Gasteiger partial charge in [0.1, 0.15) is 5.60 Å². The van der Waals surface area contributed by atoms with Crippen LogP contribution in [0.25, 0.3) is 0 Å². The molecule has 2 N–H and O–H groups in total. The van der Waals surface area contributed by atoms with E-state index in [0.29, 0.717) is 6.42 Å². The first kappa shape index (κ1) is 28.8. The molecule has 5 nitrogen and oxygen atoms in total. The van der Waals surface area contributed by atoms with Crippen LogP contribution in [0.1, 0.15) is 143 Å². The molecule has 5 heteroatoms. The summed E-state index contributed by atoms with van der Waals surface area (Å²) in [5.74, 6) is 0.191. The van der Waals surface area contributed by atoms with E-state index in [1.54, 1.807) is 0 Å². The highest BCUT2D eigenvalue weighted by molar-refractivity contribution is 5.76. The summed E-state index contributed by atoms with van der Waals surface area (Å²) in [4.78, 5) is 24.1. The molecule has 0 radical (unpaired) electrons. The van der Waals surface area contributed by atoms with Crippen LogP contribution in [0.5, 0.6) is 0 Å². The first-order valence-corrected chi connectivity index (χ1v) is 13.6. The van der Waals surface area contributed by atoms with Gasteiger partial charge in [-0.1, -0.05) is 84.0 Å². The van der Waals surface area contributed by atoms with E-state index in [9.17, 15) is 9.59 Å². The molecule has 1 aliphatic carbocycles. The number of nitrogens with one attached hydrogen (secondary N) is 2. The Kier molecular flexibility index (Phi) is 15.5. The summed E-state index contributed by atoms with van der Waals surface area (Å²) in [5, 5.41) is 6.15. The van der Waals surface area contributed by atoms with Crippen molar-refractivity contribution in [3.63, 3.8) is 0 Å². The Morgan fingerprint density at radius 1 is 0.688 bits per heavy atom. The second kappa shape index (κ2) is 17.2. The fourth-order valence-corrected chi connectivity index (χ4v) is 4.46. The minimum atomic E-state index is -0.469. The standard InChI is InChI=1S/C27H52N2O3/c1-5-6-7-8-9-10-11-12-13-14-15-16-17-18-25(30)28-23-19-21-24(22-20-23)29-26(31)32-27(2,3)4/h23-24H,5-22H2,1-4H3,(H,28,30)(H,29,31)/t23-,24+. The Morgan fingerprint density at radius 3 is 1.53 bits per heavy atom. The molecule has 1 aliphatic rings. The van der Waals surface area contributed by atoms with Gasteiger partial charge in [-0.05, 0) is 52.9 Å². The maximum absolute atomic E-state index is 12.2. The van der Waals surface area contributed by atoms with Crippen molar-refractivity contribution in [1.29, 1.82) is 0 Å². The minimum Gasteiger partial charge on any atom is -0.444 e. The van der Waals surface area contributed by atoms with E-state index < -0.39 is 5.60 Å². The van der Waals surface area contributed by atoms with Gasteiger partial charge in [0.05, 0.1) is 0 Å². The number of amides is 2. The van der Waals surface area contributed by atoms with Crippen molar-refractivity contribution in [3.8, 4) is 0 Å². The lowest BCUT2D eigenvalue weighted by Gasteiger charge is -2.30. The molecule has 0 saturated heterocycles. The second-order valence-corrected chi connectivity index (χ2v) is 10.8. The third-order valence-electron chi connectivity index (χ3n) is 6.32. The van der Waals surface area contributed by atoms with Gasteiger partial charge in [-0.2, -0.15) is 0 Å². The fourth-order valence-electron chi connectivity index (χ4n) is 4.46.